The number of hydrogen-bond acceptors (Lipinski definition) is 4. The van der Waals surface area contributed by atoms with Crippen molar-refractivity contribution in [3.05, 3.63) is 66.0 Å². The topological polar surface area (TPSA) is 72.7 Å². The molecule has 2 aromatic carbocycles. The van der Waals surface area contributed by atoms with Gasteiger partial charge in [-0.15, -0.1) is 24.0 Å². The Morgan fingerprint density at radius 3 is 2.59 bits per heavy atom. The molecule has 1 heterocycles. The van der Waals surface area contributed by atoms with Crippen molar-refractivity contribution >= 4 is 35.6 Å². The lowest BCUT2D eigenvalue weighted by Gasteiger charge is -2.14. The Morgan fingerprint density at radius 2 is 1.91 bits per heavy atom. The van der Waals surface area contributed by atoms with Gasteiger partial charge in [0.1, 0.15) is 0 Å². The van der Waals surface area contributed by atoms with Gasteiger partial charge in [0.2, 0.25) is 0 Å². The molecule has 0 spiro atoms. The molecular weight excluding hydrogens is 517 g/mol. The lowest BCUT2D eigenvalue weighted by Crippen LogP contribution is -2.31. The molecule has 0 radical (unpaired) electrons. The van der Waals surface area contributed by atoms with E-state index in [1.807, 2.05) is 48.0 Å². The van der Waals surface area contributed by atoms with Crippen LogP contribution >= 0.6 is 24.0 Å². The Hall–Kier alpha value is -2.75. The number of anilines is 1. The van der Waals surface area contributed by atoms with E-state index >= 15 is 0 Å². The molecule has 2 N–H and O–H groups in total. The molecule has 8 heteroatoms. The number of para-hydroxylation sites is 1. The van der Waals surface area contributed by atoms with Crippen LogP contribution in [-0.2, 0) is 6.42 Å². The molecule has 0 fully saturated rings. The zero-order chi connectivity index (χ0) is 22.1. The molecule has 0 aliphatic carbocycles. The second-order valence-electron chi connectivity index (χ2n) is 7.05. The quantitative estimate of drug-likeness (QED) is 0.173. The number of aliphatic imine (C=N–C) groups is 1. The van der Waals surface area contributed by atoms with Crippen LogP contribution in [0.3, 0.4) is 0 Å². The van der Waals surface area contributed by atoms with E-state index in [2.05, 4.69) is 46.0 Å². The number of aromatic nitrogens is 2. The summed E-state index contributed by atoms with van der Waals surface area (Å²) >= 11 is 0. The highest BCUT2D eigenvalue weighted by molar-refractivity contribution is 14.0. The summed E-state index contributed by atoms with van der Waals surface area (Å²) in [5.41, 5.74) is 4.28. The number of hydrogen-bond donors (Lipinski definition) is 2. The fourth-order valence-corrected chi connectivity index (χ4v) is 3.28. The van der Waals surface area contributed by atoms with Gasteiger partial charge in [0.25, 0.3) is 0 Å². The van der Waals surface area contributed by atoms with Crippen LogP contribution in [0.5, 0.6) is 11.5 Å². The van der Waals surface area contributed by atoms with Gasteiger partial charge in [-0.25, -0.2) is 4.68 Å². The summed E-state index contributed by atoms with van der Waals surface area (Å²) in [7, 11) is 3.40. The second kappa shape index (κ2) is 12.9. The number of guanidine groups is 1. The summed E-state index contributed by atoms with van der Waals surface area (Å²) < 4.78 is 12.9. The summed E-state index contributed by atoms with van der Waals surface area (Å²) in [5, 5.41) is 11.3. The Balaban J connectivity index is 0.00000363. The third-order valence-electron chi connectivity index (χ3n) is 4.89. The molecule has 32 heavy (non-hydrogen) atoms. The molecule has 0 saturated heterocycles. The van der Waals surface area contributed by atoms with Crippen molar-refractivity contribution < 1.29 is 9.47 Å². The Kier molecular flexibility index (Phi) is 10.3. The number of methoxy groups -OCH3 is 1. The molecule has 0 amide bonds. The lowest BCUT2D eigenvalue weighted by atomic mass is 10.1. The first-order valence-corrected chi connectivity index (χ1v) is 10.5. The summed E-state index contributed by atoms with van der Waals surface area (Å²) in [6.45, 7) is 5.38. The van der Waals surface area contributed by atoms with E-state index in [1.165, 1.54) is 5.56 Å². The van der Waals surface area contributed by atoms with E-state index in [-0.39, 0.29) is 24.0 Å². The highest BCUT2D eigenvalue weighted by Crippen LogP contribution is 2.30. The molecule has 172 valence electrons. The highest BCUT2D eigenvalue weighted by atomic mass is 127. The molecule has 0 aliphatic heterocycles. The molecule has 3 aromatic rings. The van der Waals surface area contributed by atoms with E-state index in [1.54, 1.807) is 14.2 Å². The van der Waals surface area contributed by atoms with Crippen LogP contribution < -0.4 is 20.1 Å². The zero-order valence-electron chi connectivity index (χ0n) is 19.1. The number of nitrogens with one attached hydrogen (secondary N) is 2. The Bertz CT molecular complexity index is 1000. The third kappa shape index (κ3) is 6.88. The first kappa shape index (κ1) is 25.5. The largest absolute Gasteiger partial charge is 0.493 e. The van der Waals surface area contributed by atoms with Crippen LogP contribution in [0.2, 0.25) is 0 Å². The van der Waals surface area contributed by atoms with Gasteiger partial charge in [-0.05, 0) is 56.5 Å². The van der Waals surface area contributed by atoms with Gasteiger partial charge in [0, 0.05) is 31.5 Å². The smallest absolute Gasteiger partial charge is 0.195 e. The standard InChI is InChI=1S/C24H31N5O2.HI/c1-5-31-23-16-20(13-14-22(23)30-4)27-24(25-3)26-15-9-10-19-17-29(28-18(19)2)21-11-7-6-8-12-21;/h6-8,11-14,16-17H,5,9-10,15H2,1-4H3,(H2,25,26,27);1H. The fourth-order valence-electron chi connectivity index (χ4n) is 3.28. The molecule has 0 bridgehead atoms. The van der Waals surface area contributed by atoms with Crippen molar-refractivity contribution in [3.63, 3.8) is 0 Å². The first-order chi connectivity index (χ1) is 15.1. The minimum Gasteiger partial charge on any atom is -0.493 e. The Labute approximate surface area is 207 Å². The van der Waals surface area contributed by atoms with Gasteiger partial charge in [0.15, 0.2) is 17.5 Å². The number of rotatable bonds is 9. The SMILES string of the molecule is CCOc1cc(NC(=NC)NCCCc2cn(-c3ccccc3)nc2C)ccc1OC.I. The van der Waals surface area contributed by atoms with Crippen molar-refractivity contribution in [2.75, 3.05) is 32.6 Å². The van der Waals surface area contributed by atoms with Crippen molar-refractivity contribution in [3.8, 4) is 17.2 Å². The summed E-state index contributed by atoms with van der Waals surface area (Å²) in [6.07, 6.45) is 4.03. The molecule has 1 aromatic heterocycles. The number of nitrogens with zero attached hydrogens (tertiary/aromatic N) is 3. The van der Waals surface area contributed by atoms with E-state index < -0.39 is 0 Å². The van der Waals surface area contributed by atoms with Gasteiger partial charge in [-0.2, -0.15) is 5.10 Å². The summed E-state index contributed by atoms with van der Waals surface area (Å²) in [4.78, 5) is 4.31. The van der Waals surface area contributed by atoms with Crippen LogP contribution in [0.1, 0.15) is 24.6 Å². The second-order valence-corrected chi connectivity index (χ2v) is 7.05. The molecule has 7 nitrogen and oxygen atoms in total. The van der Waals surface area contributed by atoms with Crippen LogP contribution in [0.15, 0.2) is 59.7 Å². The zero-order valence-corrected chi connectivity index (χ0v) is 21.4. The maximum absolute atomic E-state index is 5.64. The van der Waals surface area contributed by atoms with Crippen LogP contribution in [0.25, 0.3) is 5.69 Å². The van der Waals surface area contributed by atoms with Gasteiger partial charge >= 0.3 is 0 Å². The van der Waals surface area contributed by atoms with Gasteiger partial charge in [-0.3, -0.25) is 4.99 Å². The van der Waals surface area contributed by atoms with Crippen molar-refractivity contribution in [2.24, 2.45) is 4.99 Å². The van der Waals surface area contributed by atoms with Crippen molar-refractivity contribution in [1.29, 1.82) is 0 Å². The molecule has 0 saturated carbocycles. The average molecular weight is 549 g/mol. The predicted molar refractivity (Wildman–Crippen MR) is 141 cm³/mol. The maximum Gasteiger partial charge on any atom is 0.195 e. The third-order valence-corrected chi connectivity index (χ3v) is 4.89. The van der Waals surface area contributed by atoms with E-state index in [0.717, 1.165) is 36.5 Å². The average Bonchev–Trinajstić information content (AvgIpc) is 3.17. The van der Waals surface area contributed by atoms with E-state index in [4.69, 9.17) is 9.47 Å². The molecule has 0 unspecified atom stereocenters. The monoisotopic (exact) mass is 549 g/mol. The van der Waals surface area contributed by atoms with E-state index in [0.29, 0.717) is 24.1 Å². The summed E-state index contributed by atoms with van der Waals surface area (Å²) in [6, 6.07) is 15.9. The first-order valence-electron chi connectivity index (χ1n) is 10.5. The lowest BCUT2D eigenvalue weighted by molar-refractivity contribution is 0.311. The molecular formula is C24H32IN5O2. The van der Waals surface area contributed by atoms with Gasteiger partial charge in [0.05, 0.1) is 25.1 Å². The fraction of sp³-hybridized carbons (Fsp3) is 0.333. The normalized spacial score (nSPS) is 10.9. The van der Waals surface area contributed by atoms with Gasteiger partial charge in [-0.1, -0.05) is 18.2 Å². The van der Waals surface area contributed by atoms with Crippen LogP contribution in [0, 0.1) is 6.92 Å². The predicted octanol–water partition coefficient (Wildman–Crippen LogP) is 4.83. The maximum atomic E-state index is 5.64. The number of halogens is 1. The summed E-state index contributed by atoms with van der Waals surface area (Å²) in [5.74, 6) is 2.13. The van der Waals surface area contributed by atoms with Crippen LogP contribution in [-0.4, -0.2) is 43.0 Å². The molecule has 0 atom stereocenters. The van der Waals surface area contributed by atoms with Crippen LogP contribution in [0.4, 0.5) is 5.69 Å². The van der Waals surface area contributed by atoms with Crippen molar-refractivity contribution in [2.45, 2.75) is 26.7 Å². The Morgan fingerprint density at radius 1 is 1.12 bits per heavy atom. The van der Waals surface area contributed by atoms with Gasteiger partial charge < -0.3 is 20.1 Å². The van der Waals surface area contributed by atoms with Crippen molar-refractivity contribution in [1.82, 2.24) is 15.1 Å². The minimum absolute atomic E-state index is 0. The molecule has 0 aliphatic rings. The number of ether oxygens (including phenoxy) is 2. The van der Waals surface area contributed by atoms with E-state index in [9.17, 15) is 0 Å². The highest BCUT2D eigenvalue weighted by Gasteiger charge is 2.08. The molecule has 3 rings (SSSR count). The number of benzene rings is 2. The minimum atomic E-state index is 0. The number of aryl methyl sites for hydroxylation is 2.